The Balaban J connectivity index is 2.23. The number of nitrogens with one attached hydrogen (secondary N) is 2. The average Bonchev–Trinajstić information content (AvgIpc) is 2.87. The van der Waals surface area contributed by atoms with Crippen molar-refractivity contribution in [2.75, 3.05) is 13.6 Å². The Morgan fingerprint density at radius 2 is 1.51 bits per heavy atom. The van der Waals surface area contributed by atoms with Gasteiger partial charge in [-0.25, -0.2) is 0 Å². The van der Waals surface area contributed by atoms with Crippen molar-refractivity contribution in [1.82, 2.24) is 15.5 Å². The van der Waals surface area contributed by atoms with Gasteiger partial charge in [-0.2, -0.15) is 0 Å². The molecule has 4 amide bonds. The molecule has 2 aromatic carbocycles. The number of nitrogens with zero attached hydrogens (tertiary/aromatic N) is 1. The number of carbonyl (C=O) groups is 4. The van der Waals surface area contributed by atoms with E-state index in [1.807, 2.05) is 30.3 Å². The predicted molar refractivity (Wildman–Crippen MR) is 140 cm³/mol. The number of amides is 4. The molecule has 3 atom stereocenters. The summed E-state index contributed by atoms with van der Waals surface area (Å²) in [6.07, 6.45) is 1.91. The fraction of sp³-hybridized carbons (Fsp3) is 0.407. The van der Waals surface area contributed by atoms with Crippen molar-refractivity contribution in [1.29, 1.82) is 0 Å². The molecular formula is C27H37N5O5. The second-order valence-electron chi connectivity index (χ2n) is 9.03. The minimum atomic E-state index is -0.951. The molecule has 7 N–H and O–H groups in total. The molecule has 10 heteroatoms. The smallest absolute Gasteiger partial charge is 0.245 e. The highest BCUT2D eigenvalue weighted by molar-refractivity contribution is 5.94. The Labute approximate surface area is 217 Å². The number of hydrogen-bond acceptors (Lipinski definition) is 6. The maximum atomic E-state index is 13.5. The van der Waals surface area contributed by atoms with Crippen molar-refractivity contribution in [2.24, 2.45) is 11.5 Å². The first-order valence-electron chi connectivity index (χ1n) is 12.3. The first-order valence-corrected chi connectivity index (χ1v) is 12.3. The fourth-order valence-electron chi connectivity index (χ4n) is 4.01. The lowest BCUT2D eigenvalue weighted by Crippen LogP contribution is -2.57. The molecule has 10 nitrogen and oxygen atoms in total. The van der Waals surface area contributed by atoms with E-state index < -0.39 is 41.8 Å². The lowest BCUT2D eigenvalue weighted by molar-refractivity contribution is -0.141. The molecule has 0 spiro atoms. The van der Waals surface area contributed by atoms with Gasteiger partial charge in [-0.05, 0) is 49.1 Å². The monoisotopic (exact) mass is 511 g/mol. The van der Waals surface area contributed by atoms with Crippen LogP contribution in [0.25, 0.3) is 0 Å². The number of carbonyl (C=O) groups excluding carboxylic acids is 4. The molecule has 0 bridgehead atoms. The molecule has 2 aromatic rings. The molecule has 0 aliphatic carbocycles. The maximum absolute atomic E-state index is 13.5. The molecule has 3 unspecified atom stereocenters. The van der Waals surface area contributed by atoms with Crippen LogP contribution in [-0.2, 0) is 32.0 Å². The molecule has 2 rings (SSSR count). The van der Waals surface area contributed by atoms with Crippen LogP contribution >= 0.6 is 0 Å². The van der Waals surface area contributed by atoms with E-state index in [1.54, 1.807) is 12.1 Å². The molecule has 0 saturated heterocycles. The van der Waals surface area contributed by atoms with Crippen molar-refractivity contribution in [2.45, 2.75) is 57.2 Å². The summed E-state index contributed by atoms with van der Waals surface area (Å²) in [5.74, 6) is -1.98. The van der Waals surface area contributed by atoms with Crippen molar-refractivity contribution in [3.8, 4) is 5.75 Å². The molecule has 0 aliphatic rings. The quantitative estimate of drug-likeness (QED) is 0.233. The Bertz CT molecular complexity index is 1040. The number of unbranched alkanes of at least 4 members (excludes halogenated alkanes) is 1. The van der Waals surface area contributed by atoms with E-state index in [-0.39, 0.29) is 18.6 Å². The average molecular weight is 512 g/mol. The van der Waals surface area contributed by atoms with Crippen LogP contribution in [0.1, 0.15) is 37.3 Å². The number of phenolic OH excluding ortho intramolecular Hbond substituents is 1. The zero-order valence-electron chi connectivity index (χ0n) is 21.4. The number of hydrogen-bond donors (Lipinski definition) is 5. The van der Waals surface area contributed by atoms with E-state index in [4.69, 9.17) is 11.5 Å². The summed E-state index contributed by atoms with van der Waals surface area (Å²) in [6, 6.07) is 12.7. The number of primary amides is 1. The van der Waals surface area contributed by atoms with E-state index in [9.17, 15) is 24.3 Å². The van der Waals surface area contributed by atoms with E-state index in [0.29, 0.717) is 31.4 Å². The van der Waals surface area contributed by atoms with Crippen LogP contribution in [0.5, 0.6) is 5.75 Å². The number of aromatic hydroxyl groups is 1. The van der Waals surface area contributed by atoms with Crippen LogP contribution in [0.3, 0.4) is 0 Å². The molecule has 0 aromatic heterocycles. The van der Waals surface area contributed by atoms with Gasteiger partial charge in [-0.1, -0.05) is 42.5 Å². The van der Waals surface area contributed by atoms with E-state index in [0.717, 1.165) is 5.56 Å². The normalized spacial score (nSPS) is 13.2. The first-order chi connectivity index (χ1) is 17.6. The summed E-state index contributed by atoms with van der Waals surface area (Å²) in [5.41, 5.74) is 12.8. The molecule has 0 fully saturated rings. The summed E-state index contributed by atoms with van der Waals surface area (Å²) in [5, 5.41) is 14.9. The van der Waals surface area contributed by atoms with Gasteiger partial charge in [0.2, 0.25) is 23.6 Å². The third-order valence-electron chi connectivity index (χ3n) is 6.05. The molecule has 0 aliphatic heterocycles. The van der Waals surface area contributed by atoms with Gasteiger partial charge in [0.05, 0.1) is 0 Å². The van der Waals surface area contributed by atoms with Gasteiger partial charge in [-0.15, -0.1) is 0 Å². The minimum Gasteiger partial charge on any atom is -0.508 e. The van der Waals surface area contributed by atoms with Crippen LogP contribution in [0.2, 0.25) is 0 Å². The van der Waals surface area contributed by atoms with Gasteiger partial charge in [0.25, 0.3) is 0 Å². The molecule has 0 heterocycles. The molecule has 37 heavy (non-hydrogen) atoms. The van der Waals surface area contributed by atoms with Gasteiger partial charge in [-0.3, -0.25) is 19.2 Å². The van der Waals surface area contributed by atoms with E-state index in [1.165, 1.54) is 31.0 Å². The zero-order valence-corrected chi connectivity index (χ0v) is 21.4. The highest BCUT2D eigenvalue weighted by Gasteiger charge is 2.32. The third kappa shape index (κ3) is 9.57. The van der Waals surface area contributed by atoms with E-state index >= 15 is 0 Å². The first kappa shape index (κ1) is 29.3. The van der Waals surface area contributed by atoms with Crippen LogP contribution < -0.4 is 22.1 Å². The largest absolute Gasteiger partial charge is 0.508 e. The minimum absolute atomic E-state index is 0.0809. The second kappa shape index (κ2) is 14.6. The molecular weight excluding hydrogens is 474 g/mol. The summed E-state index contributed by atoms with van der Waals surface area (Å²) < 4.78 is 0. The Morgan fingerprint density at radius 1 is 0.892 bits per heavy atom. The van der Waals surface area contributed by atoms with Crippen LogP contribution in [0.4, 0.5) is 0 Å². The van der Waals surface area contributed by atoms with Gasteiger partial charge in [0, 0.05) is 26.8 Å². The number of likely N-dealkylation sites (N-methyl/N-ethyl adjacent to an activating group) is 1. The van der Waals surface area contributed by atoms with Crippen molar-refractivity contribution in [3.63, 3.8) is 0 Å². The Morgan fingerprint density at radius 3 is 2.08 bits per heavy atom. The Kier molecular flexibility index (Phi) is 11.6. The fourth-order valence-corrected chi connectivity index (χ4v) is 4.01. The van der Waals surface area contributed by atoms with Crippen LogP contribution in [0, 0.1) is 0 Å². The standard InChI is InChI=1S/C27H37N5O5/c1-18(33)30-23(16-20-11-13-21(34)14-12-20)26(36)31-22(10-6-7-15-28)27(37)32(2)24(25(29)35)17-19-8-4-3-5-9-19/h3-5,8-9,11-14,22-24,34H,6-7,10,15-17,28H2,1-2H3,(H2,29,35)(H,30,33)(H,31,36). The number of nitrogens with two attached hydrogens (primary N) is 2. The molecule has 200 valence electrons. The highest BCUT2D eigenvalue weighted by atomic mass is 16.3. The molecule has 0 radical (unpaired) electrons. The van der Waals surface area contributed by atoms with Gasteiger partial charge in [0.1, 0.15) is 23.9 Å². The number of phenols is 1. The maximum Gasteiger partial charge on any atom is 0.245 e. The van der Waals surface area contributed by atoms with Crippen molar-refractivity contribution >= 4 is 23.6 Å². The third-order valence-corrected chi connectivity index (χ3v) is 6.05. The lowest BCUT2D eigenvalue weighted by atomic mass is 10.0. The SMILES string of the molecule is CC(=O)NC(Cc1ccc(O)cc1)C(=O)NC(CCCCN)C(=O)N(C)C(Cc1ccccc1)C(N)=O. The van der Waals surface area contributed by atoms with E-state index in [2.05, 4.69) is 10.6 Å². The summed E-state index contributed by atoms with van der Waals surface area (Å²) >= 11 is 0. The number of rotatable bonds is 14. The lowest BCUT2D eigenvalue weighted by Gasteiger charge is -2.31. The molecule has 0 saturated carbocycles. The topological polar surface area (TPSA) is 168 Å². The number of benzene rings is 2. The summed E-state index contributed by atoms with van der Waals surface area (Å²) in [6.45, 7) is 1.73. The van der Waals surface area contributed by atoms with Crippen molar-refractivity contribution < 1.29 is 24.3 Å². The van der Waals surface area contributed by atoms with Crippen LogP contribution in [0.15, 0.2) is 54.6 Å². The van der Waals surface area contributed by atoms with Gasteiger partial charge in [0.15, 0.2) is 0 Å². The summed E-state index contributed by atoms with van der Waals surface area (Å²) in [7, 11) is 1.49. The van der Waals surface area contributed by atoms with Gasteiger partial charge < -0.3 is 32.1 Å². The predicted octanol–water partition coefficient (Wildman–Crippen LogP) is 0.608. The second-order valence-corrected chi connectivity index (χ2v) is 9.03. The Hall–Kier alpha value is -3.92. The summed E-state index contributed by atoms with van der Waals surface area (Å²) in [4.78, 5) is 52.1. The van der Waals surface area contributed by atoms with Crippen molar-refractivity contribution in [3.05, 3.63) is 65.7 Å². The van der Waals surface area contributed by atoms with Crippen LogP contribution in [-0.4, -0.2) is 65.4 Å². The van der Waals surface area contributed by atoms with Gasteiger partial charge >= 0.3 is 0 Å². The zero-order chi connectivity index (χ0) is 27.4. The highest BCUT2D eigenvalue weighted by Crippen LogP contribution is 2.14.